The predicted molar refractivity (Wildman–Crippen MR) is 122 cm³/mol. The Morgan fingerprint density at radius 2 is 1.77 bits per heavy atom. The second-order valence-corrected chi connectivity index (χ2v) is 9.74. The zero-order chi connectivity index (χ0) is 22.4. The number of nitrogens with one attached hydrogen (secondary N) is 1. The number of aryl methyl sites for hydroxylation is 2. The summed E-state index contributed by atoms with van der Waals surface area (Å²) in [7, 11) is -3.66. The van der Waals surface area contributed by atoms with Crippen LogP contribution in [0, 0.1) is 24.0 Å². The normalized spacial score (nSPS) is 15.2. The van der Waals surface area contributed by atoms with Gasteiger partial charge in [-0.2, -0.15) is 0 Å². The van der Waals surface area contributed by atoms with Gasteiger partial charge in [0.2, 0.25) is 10.0 Å². The lowest BCUT2D eigenvalue weighted by Crippen LogP contribution is -2.46. The van der Waals surface area contributed by atoms with E-state index in [1.165, 1.54) is 36.4 Å². The van der Waals surface area contributed by atoms with Gasteiger partial charge in [0.1, 0.15) is 0 Å². The van der Waals surface area contributed by atoms with Crippen LogP contribution < -0.4 is 9.62 Å². The molecule has 1 aliphatic heterocycles. The van der Waals surface area contributed by atoms with E-state index in [0.717, 1.165) is 45.6 Å². The molecule has 0 spiro atoms. The minimum atomic E-state index is -3.66. The van der Waals surface area contributed by atoms with Crippen molar-refractivity contribution >= 4 is 21.4 Å². The lowest BCUT2D eigenvalue weighted by Gasteiger charge is -2.36. The number of anilines is 1. The summed E-state index contributed by atoms with van der Waals surface area (Å²) in [5.41, 5.74) is 2.79. The van der Waals surface area contributed by atoms with Gasteiger partial charge in [-0.3, -0.25) is 15.0 Å². The fourth-order valence-electron chi connectivity index (χ4n) is 3.80. The van der Waals surface area contributed by atoms with E-state index in [4.69, 9.17) is 0 Å². The van der Waals surface area contributed by atoms with Gasteiger partial charge in [0.05, 0.1) is 9.82 Å². The summed E-state index contributed by atoms with van der Waals surface area (Å²) in [6.07, 6.45) is 1.65. The molecule has 2 aromatic carbocycles. The number of nitrogens with zero attached hydrogens (tertiary/aromatic N) is 3. The number of nitro benzene ring substituents is 1. The van der Waals surface area contributed by atoms with E-state index >= 15 is 0 Å². The molecule has 3 rings (SSSR count). The number of benzene rings is 2. The van der Waals surface area contributed by atoms with Crippen molar-refractivity contribution in [2.24, 2.45) is 0 Å². The molecule has 8 nitrogen and oxygen atoms in total. The Labute approximate surface area is 184 Å². The molecule has 168 valence electrons. The van der Waals surface area contributed by atoms with Crippen LogP contribution in [0.25, 0.3) is 0 Å². The van der Waals surface area contributed by atoms with Crippen molar-refractivity contribution in [1.82, 2.24) is 9.62 Å². The summed E-state index contributed by atoms with van der Waals surface area (Å²) in [6.45, 7) is 8.93. The number of hydrogen-bond acceptors (Lipinski definition) is 6. The average molecular weight is 447 g/mol. The molecule has 0 aromatic heterocycles. The topological polar surface area (TPSA) is 95.8 Å². The van der Waals surface area contributed by atoms with Gasteiger partial charge in [-0.1, -0.05) is 12.1 Å². The van der Waals surface area contributed by atoms with Gasteiger partial charge in [-0.15, -0.1) is 0 Å². The van der Waals surface area contributed by atoms with E-state index in [-0.39, 0.29) is 10.6 Å². The van der Waals surface area contributed by atoms with Crippen LogP contribution in [0.2, 0.25) is 0 Å². The number of sulfonamides is 1. The second kappa shape index (κ2) is 10.2. The quantitative estimate of drug-likeness (QED) is 0.361. The van der Waals surface area contributed by atoms with E-state index < -0.39 is 14.9 Å². The Balaban J connectivity index is 1.38. The first kappa shape index (κ1) is 23.2. The Kier molecular flexibility index (Phi) is 7.64. The molecule has 1 heterocycles. The molecule has 9 heteroatoms. The maximum atomic E-state index is 12.4. The maximum absolute atomic E-state index is 12.4. The Morgan fingerprint density at radius 3 is 2.42 bits per heavy atom. The molecule has 0 amide bonds. The minimum absolute atomic E-state index is 0.0582. The van der Waals surface area contributed by atoms with Crippen LogP contribution in [-0.2, 0) is 10.0 Å². The van der Waals surface area contributed by atoms with E-state index in [1.807, 2.05) is 0 Å². The highest BCUT2D eigenvalue weighted by atomic mass is 32.2. The molecule has 1 N–H and O–H groups in total. The van der Waals surface area contributed by atoms with Crippen LogP contribution in [0.1, 0.15) is 24.0 Å². The Morgan fingerprint density at radius 1 is 1.03 bits per heavy atom. The Hall–Kier alpha value is -2.49. The van der Waals surface area contributed by atoms with Crippen LogP contribution in [-0.4, -0.2) is 57.5 Å². The highest BCUT2D eigenvalue weighted by Crippen LogP contribution is 2.21. The first-order chi connectivity index (χ1) is 14.8. The van der Waals surface area contributed by atoms with Crippen LogP contribution in [0.15, 0.2) is 47.4 Å². The molecule has 31 heavy (non-hydrogen) atoms. The zero-order valence-corrected chi connectivity index (χ0v) is 18.9. The molecular formula is C22H30N4O4S. The van der Waals surface area contributed by atoms with Gasteiger partial charge in [0.15, 0.2) is 0 Å². The molecule has 0 radical (unpaired) electrons. The summed E-state index contributed by atoms with van der Waals surface area (Å²) in [5.74, 6) is 0. The van der Waals surface area contributed by atoms with Crippen molar-refractivity contribution in [2.75, 3.05) is 44.2 Å². The van der Waals surface area contributed by atoms with Crippen LogP contribution in [0.3, 0.4) is 0 Å². The predicted octanol–water partition coefficient (Wildman–Crippen LogP) is 3.09. The standard InChI is InChI=1S/C22H30N4O4S/c1-18-6-5-7-20(16-18)25-14-12-24(13-15-25)11-4-3-10-23-31(29,30)21-8-9-22(26(27)28)19(2)17-21/h5-9,16-17,23H,3-4,10-15H2,1-2H3. The van der Waals surface area contributed by atoms with Gasteiger partial charge in [0.25, 0.3) is 5.69 Å². The van der Waals surface area contributed by atoms with Gasteiger partial charge in [-0.25, -0.2) is 13.1 Å². The van der Waals surface area contributed by atoms with Crippen LogP contribution >= 0.6 is 0 Å². The number of nitro groups is 1. The van der Waals surface area contributed by atoms with E-state index in [0.29, 0.717) is 12.1 Å². The molecule has 0 bridgehead atoms. The lowest BCUT2D eigenvalue weighted by atomic mass is 10.2. The zero-order valence-electron chi connectivity index (χ0n) is 18.1. The van der Waals surface area contributed by atoms with Crippen LogP contribution in [0.5, 0.6) is 0 Å². The number of unbranched alkanes of at least 4 members (excludes halogenated alkanes) is 1. The maximum Gasteiger partial charge on any atom is 0.272 e. The summed E-state index contributed by atoms with van der Waals surface area (Å²) in [6, 6.07) is 12.4. The molecule has 0 unspecified atom stereocenters. The smallest absolute Gasteiger partial charge is 0.272 e. The third kappa shape index (κ3) is 6.25. The van der Waals surface area contributed by atoms with E-state index in [9.17, 15) is 18.5 Å². The van der Waals surface area contributed by atoms with Crippen molar-refractivity contribution < 1.29 is 13.3 Å². The van der Waals surface area contributed by atoms with Crippen molar-refractivity contribution in [3.8, 4) is 0 Å². The second-order valence-electron chi connectivity index (χ2n) is 7.98. The summed E-state index contributed by atoms with van der Waals surface area (Å²) in [4.78, 5) is 15.3. The first-order valence-corrected chi connectivity index (χ1v) is 12.0. The molecule has 0 atom stereocenters. The van der Waals surface area contributed by atoms with Gasteiger partial charge >= 0.3 is 0 Å². The van der Waals surface area contributed by atoms with Gasteiger partial charge in [-0.05, 0) is 63.1 Å². The molecular weight excluding hydrogens is 416 g/mol. The van der Waals surface area contributed by atoms with Crippen LogP contribution in [0.4, 0.5) is 11.4 Å². The highest BCUT2D eigenvalue weighted by molar-refractivity contribution is 7.89. The van der Waals surface area contributed by atoms with Crippen molar-refractivity contribution in [1.29, 1.82) is 0 Å². The first-order valence-electron chi connectivity index (χ1n) is 10.5. The molecule has 1 fully saturated rings. The van der Waals surface area contributed by atoms with Crippen molar-refractivity contribution in [3.63, 3.8) is 0 Å². The van der Waals surface area contributed by atoms with Crippen molar-refractivity contribution in [2.45, 2.75) is 31.6 Å². The molecule has 0 saturated carbocycles. The van der Waals surface area contributed by atoms with Gasteiger partial charge in [0, 0.05) is 50.0 Å². The largest absolute Gasteiger partial charge is 0.369 e. The van der Waals surface area contributed by atoms with E-state index in [2.05, 4.69) is 45.7 Å². The number of rotatable bonds is 9. The SMILES string of the molecule is Cc1cccc(N2CCN(CCCCNS(=O)(=O)c3ccc([N+](=O)[O-])c(C)c3)CC2)c1. The lowest BCUT2D eigenvalue weighted by molar-refractivity contribution is -0.385. The third-order valence-electron chi connectivity index (χ3n) is 5.61. The van der Waals surface area contributed by atoms with Crippen molar-refractivity contribution in [3.05, 3.63) is 63.7 Å². The summed E-state index contributed by atoms with van der Waals surface area (Å²) < 4.78 is 27.5. The minimum Gasteiger partial charge on any atom is -0.369 e. The van der Waals surface area contributed by atoms with E-state index in [1.54, 1.807) is 0 Å². The average Bonchev–Trinajstić information content (AvgIpc) is 2.73. The number of hydrogen-bond donors (Lipinski definition) is 1. The Bertz CT molecular complexity index is 1020. The molecule has 2 aromatic rings. The molecule has 1 saturated heterocycles. The molecule has 1 aliphatic rings. The molecule has 0 aliphatic carbocycles. The highest BCUT2D eigenvalue weighted by Gasteiger charge is 2.19. The monoisotopic (exact) mass is 446 g/mol. The fraction of sp³-hybridized carbons (Fsp3) is 0.455. The van der Waals surface area contributed by atoms with Gasteiger partial charge < -0.3 is 4.90 Å². The number of piperazine rings is 1. The summed E-state index contributed by atoms with van der Waals surface area (Å²) >= 11 is 0. The fourth-order valence-corrected chi connectivity index (χ4v) is 4.96. The third-order valence-corrected chi connectivity index (χ3v) is 7.07. The summed E-state index contributed by atoms with van der Waals surface area (Å²) in [5, 5.41) is 10.9.